The van der Waals surface area contributed by atoms with E-state index in [4.69, 9.17) is 20.9 Å². The molecule has 0 atom stereocenters. The Morgan fingerprint density at radius 1 is 1.12 bits per heavy atom. The summed E-state index contributed by atoms with van der Waals surface area (Å²) < 4.78 is 13.0. The number of nitrogens with one attached hydrogen (secondary N) is 1. The number of hydrogen-bond donors (Lipinski definition) is 1. The second kappa shape index (κ2) is 9.50. The lowest BCUT2D eigenvalue weighted by Crippen LogP contribution is -2.16. The molecular formula is C25H25ClN4O3. The third-order valence-corrected chi connectivity index (χ3v) is 5.69. The predicted octanol–water partition coefficient (Wildman–Crippen LogP) is 5.64. The van der Waals surface area contributed by atoms with E-state index in [0.29, 0.717) is 34.3 Å². The molecule has 0 saturated heterocycles. The second-order valence-electron chi connectivity index (χ2n) is 7.96. The van der Waals surface area contributed by atoms with Gasteiger partial charge in [0.1, 0.15) is 18.1 Å². The number of rotatable bonds is 7. The van der Waals surface area contributed by atoms with Gasteiger partial charge in [-0.05, 0) is 63.1 Å². The van der Waals surface area contributed by atoms with Gasteiger partial charge in [-0.15, -0.1) is 0 Å². The summed E-state index contributed by atoms with van der Waals surface area (Å²) in [6, 6.07) is 15.3. The van der Waals surface area contributed by atoms with Gasteiger partial charge in [-0.25, -0.2) is 0 Å². The molecule has 0 saturated carbocycles. The summed E-state index contributed by atoms with van der Waals surface area (Å²) in [7, 11) is 0. The minimum atomic E-state index is -0.369. The summed E-state index contributed by atoms with van der Waals surface area (Å²) in [6.45, 7) is 8.28. The van der Waals surface area contributed by atoms with E-state index in [1.54, 1.807) is 6.92 Å². The van der Waals surface area contributed by atoms with Crippen molar-refractivity contribution in [3.05, 3.63) is 93.1 Å². The van der Waals surface area contributed by atoms with Crippen LogP contribution in [0.15, 0.2) is 53.1 Å². The first-order valence-electron chi connectivity index (χ1n) is 10.6. The lowest BCUT2D eigenvalue weighted by Gasteiger charge is -2.09. The van der Waals surface area contributed by atoms with Crippen molar-refractivity contribution >= 4 is 23.2 Å². The van der Waals surface area contributed by atoms with Gasteiger partial charge < -0.3 is 14.6 Å². The van der Waals surface area contributed by atoms with Gasteiger partial charge in [0.15, 0.2) is 5.69 Å². The van der Waals surface area contributed by atoms with Crippen molar-refractivity contribution in [2.24, 2.45) is 0 Å². The molecule has 1 amide bonds. The molecule has 2 aromatic heterocycles. The predicted molar refractivity (Wildman–Crippen MR) is 127 cm³/mol. The number of amides is 1. The van der Waals surface area contributed by atoms with Crippen molar-refractivity contribution in [3.8, 4) is 5.75 Å². The van der Waals surface area contributed by atoms with Crippen LogP contribution in [0.1, 0.15) is 44.3 Å². The van der Waals surface area contributed by atoms with Gasteiger partial charge in [0.05, 0.1) is 29.2 Å². The van der Waals surface area contributed by atoms with Crippen molar-refractivity contribution in [1.82, 2.24) is 14.9 Å². The molecule has 2 heterocycles. The van der Waals surface area contributed by atoms with Gasteiger partial charge in [0, 0.05) is 5.02 Å². The van der Waals surface area contributed by atoms with Crippen LogP contribution in [0.25, 0.3) is 0 Å². The maximum Gasteiger partial charge on any atom is 0.278 e. The van der Waals surface area contributed by atoms with Gasteiger partial charge in [0.25, 0.3) is 5.91 Å². The van der Waals surface area contributed by atoms with E-state index in [9.17, 15) is 4.79 Å². The van der Waals surface area contributed by atoms with Crippen molar-refractivity contribution in [3.63, 3.8) is 0 Å². The number of ether oxygens (including phenoxy) is 1. The molecule has 0 unspecified atom stereocenters. The Kier molecular flexibility index (Phi) is 6.51. The zero-order chi connectivity index (χ0) is 23.5. The Morgan fingerprint density at radius 3 is 2.61 bits per heavy atom. The SMILES string of the molecule is Cc1cccc(OCc2c(C(=O)Nc3c(C)nn(Cc4ccc(Cl)cc4)c3C)noc2C)c1. The van der Waals surface area contributed by atoms with Crippen LogP contribution in [0.4, 0.5) is 5.69 Å². The third-order valence-electron chi connectivity index (χ3n) is 5.44. The quantitative estimate of drug-likeness (QED) is 0.383. The zero-order valence-corrected chi connectivity index (χ0v) is 19.7. The van der Waals surface area contributed by atoms with Crippen LogP contribution in [0.3, 0.4) is 0 Å². The molecular weight excluding hydrogens is 440 g/mol. The molecule has 8 heteroatoms. The summed E-state index contributed by atoms with van der Waals surface area (Å²) in [6.07, 6.45) is 0. The Balaban J connectivity index is 1.51. The lowest BCUT2D eigenvalue weighted by atomic mass is 10.2. The van der Waals surface area contributed by atoms with E-state index < -0.39 is 0 Å². The minimum Gasteiger partial charge on any atom is -0.489 e. The first-order chi connectivity index (χ1) is 15.8. The maximum absolute atomic E-state index is 13.1. The van der Waals surface area contributed by atoms with Crippen LogP contribution in [0.2, 0.25) is 5.02 Å². The fourth-order valence-corrected chi connectivity index (χ4v) is 3.69. The summed E-state index contributed by atoms with van der Waals surface area (Å²) >= 11 is 5.98. The normalized spacial score (nSPS) is 10.9. The molecule has 0 aliphatic carbocycles. The fraction of sp³-hybridized carbons (Fsp3) is 0.240. The number of nitrogens with zero attached hydrogens (tertiary/aromatic N) is 3. The highest BCUT2D eigenvalue weighted by Crippen LogP contribution is 2.24. The smallest absolute Gasteiger partial charge is 0.278 e. The van der Waals surface area contributed by atoms with Gasteiger partial charge >= 0.3 is 0 Å². The number of halogens is 1. The van der Waals surface area contributed by atoms with Crippen molar-refractivity contribution in [1.29, 1.82) is 0 Å². The minimum absolute atomic E-state index is 0.176. The Labute approximate surface area is 197 Å². The molecule has 170 valence electrons. The molecule has 4 rings (SSSR count). The largest absolute Gasteiger partial charge is 0.489 e. The highest BCUT2D eigenvalue weighted by atomic mass is 35.5. The summed E-state index contributed by atoms with van der Waals surface area (Å²) in [5.74, 6) is 0.892. The fourth-order valence-electron chi connectivity index (χ4n) is 3.57. The molecule has 4 aromatic rings. The number of carbonyl (C=O) groups is 1. The van der Waals surface area contributed by atoms with Crippen LogP contribution in [-0.4, -0.2) is 20.8 Å². The Hall–Kier alpha value is -3.58. The maximum atomic E-state index is 13.1. The van der Waals surface area contributed by atoms with Crippen LogP contribution in [-0.2, 0) is 13.2 Å². The van der Waals surface area contributed by atoms with E-state index in [1.807, 2.05) is 74.0 Å². The van der Waals surface area contributed by atoms with Gasteiger partial charge in [0.2, 0.25) is 0 Å². The van der Waals surface area contributed by atoms with Crippen LogP contribution in [0, 0.1) is 27.7 Å². The van der Waals surface area contributed by atoms with Gasteiger partial charge in [-0.2, -0.15) is 5.10 Å². The first kappa shape index (κ1) is 22.6. The van der Waals surface area contributed by atoms with Crippen molar-refractivity contribution in [2.75, 3.05) is 5.32 Å². The average Bonchev–Trinajstić information content (AvgIpc) is 3.28. The highest BCUT2D eigenvalue weighted by molar-refractivity contribution is 6.30. The lowest BCUT2D eigenvalue weighted by molar-refractivity contribution is 0.101. The molecule has 0 radical (unpaired) electrons. The molecule has 0 spiro atoms. The van der Waals surface area contributed by atoms with Gasteiger partial charge in [-0.3, -0.25) is 9.48 Å². The third kappa shape index (κ3) is 5.09. The monoisotopic (exact) mass is 464 g/mol. The van der Waals surface area contributed by atoms with Crippen molar-refractivity contribution in [2.45, 2.75) is 40.8 Å². The zero-order valence-electron chi connectivity index (χ0n) is 19.0. The van der Waals surface area contributed by atoms with E-state index >= 15 is 0 Å². The van der Waals surface area contributed by atoms with E-state index in [-0.39, 0.29) is 18.2 Å². The number of carbonyl (C=O) groups excluding carboxylic acids is 1. The number of aryl methyl sites for hydroxylation is 3. The number of benzene rings is 2. The molecule has 1 N–H and O–H groups in total. The Morgan fingerprint density at radius 2 is 1.88 bits per heavy atom. The van der Waals surface area contributed by atoms with E-state index in [0.717, 1.165) is 22.6 Å². The molecule has 2 aromatic carbocycles. The highest BCUT2D eigenvalue weighted by Gasteiger charge is 2.23. The summed E-state index contributed by atoms with van der Waals surface area (Å²) in [5.41, 5.74) is 5.17. The molecule has 0 fully saturated rings. The van der Waals surface area contributed by atoms with Crippen LogP contribution >= 0.6 is 11.6 Å². The number of aromatic nitrogens is 3. The average molecular weight is 465 g/mol. The van der Waals surface area contributed by atoms with Crippen LogP contribution < -0.4 is 10.1 Å². The molecule has 0 aliphatic rings. The van der Waals surface area contributed by atoms with E-state index in [1.165, 1.54) is 0 Å². The second-order valence-corrected chi connectivity index (χ2v) is 8.39. The molecule has 7 nitrogen and oxygen atoms in total. The standard InChI is InChI=1S/C25H25ClN4O3/c1-15-6-5-7-21(12-15)32-14-22-18(4)33-29-24(22)25(31)27-23-16(2)28-30(17(23)3)13-19-8-10-20(26)11-9-19/h5-12H,13-14H2,1-4H3,(H,27,31). The summed E-state index contributed by atoms with van der Waals surface area (Å²) in [5, 5.41) is 12.2. The van der Waals surface area contributed by atoms with Gasteiger partial charge in [-0.1, -0.05) is 41.0 Å². The topological polar surface area (TPSA) is 82.2 Å². The van der Waals surface area contributed by atoms with Crippen LogP contribution in [0.5, 0.6) is 5.75 Å². The summed E-state index contributed by atoms with van der Waals surface area (Å²) in [4.78, 5) is 13.1. The molecule has 0 bridgehead atoms. The van der Waals surface area contributed by atoms with E-state index in [2.05, 4.69) is 15.6 Å². The Bertz CT molecular complexity index is 1290. The van der Waals surface area contributed by atoms with Crippen molar-refractivity contribution < 1.29 is 14.1 Å². The first-order valence-corrected chi connectivity index (χ1v) is 10.9. The number of hydrogen-bond acceptors (Lipinski definition) is 5. The number of anilines is 1. The molecule has 33 heavy (non-hydrogen) atoms. The molecule has 0 aliphatic heterocycles.